The van der Waals surface area contributed by atoms with Gasteiger partial charge in [-0.15, -0.1) is 0 Å². The summed E-state index contributed by atoms with van der Waals surface area (Å²) in [5, 5.41) is 0.0398. The smallest absolute Gasteiger partial charge is 0.164 e. The molecule has 0 saturated carbocycles. The second-order valence-corrected chi connectivity index (χ2v) is 8.06. The zero-order chi connectivity index (χ0) is 13.2. The quantitative estimate of drug-likeness (QED) is 0.795. The summed E-state index contributed by atoms with van der Waals surface area (Å²) in [6.07, 6.45) is 2.95. The second-order valence-electron chi connectivity index (χ2n) is 4.32. The summed E-state index contributed by atoms with van der Waals surface area (Å²) < 4.78 is 23.5. The number of hydrogen-bond acceptors (Lipinski definition) is 5. The number of halogens is 1. The Bertz CT molecular complexity index is 522. The van der Waals surface area contributed by atoms with E-state index in [2.05, 4.69) is 4.98 Å². The molecule has 1 unspecified atom stereocenters. The lowest BCUT2D eigenvalue weighted by Crippen LogP contribution is -2.46. The molecule has 0 aromatic carbocycles. The van der Waals surface area contributed by atoms with Gasteiger partial charge in [0.2, 0.25) is 0 Å². The minimum atomic E-state index is -3.05. The Kier molecular flexibility index (Phi) is 4.53. The summed E-state index contributed by atoms with van der Waals surface area (Å²) in [5.74, 6) is 1.60. The van der Waals surface area contributed by atoms with Crippen molar-refractivity contribution >= 4 is 33.2 Å². The lowest BCUT2D eigenvalue weighted by atomic mass is 10.2. The lowest BCUT2D eigenvalue weighted by Gasteiger charge is -2.33. The van der Waals surface area contributed by atoms with Gasteiger partial charge in [0.05, 0.1) is 0 Å². The van der Waals surface area contributed by atoms with Gasteiger partial charge in [0.15, 0.2) is 9.84 Å². The van der Waals surface area contributed by atoms with Gasteiger partial charge in [-0.05, 0) is 17.7 Å². The van der Waals surface area contributed by atoms with Crippen molar-refractivity contribution in [1.29, 1.82) is 0 Å². The van der Waals surface area contributed by atoms with E-state index in [4.69, 9.17) is 11.6 Å². The maximum Gasteiger partial charge on any atom is 0.164 e. The van der Waals surface area contributed by atoms with Crippen LogP contribution in [0.5, 0.6) is 0 Å². The van der Waals surface area contributed by atoms with Crippen LogP contribution in [0.4, 0.5) is 0 Å². The molecule has 7 heteroatoms. The minimum absolute atomic E-state index is 0.400. The maximum absolute atomic E-state index is 11.8. The SMILES string of the molecule is CS(=O)(=O)C1CSCCN1Cc1ccnc(Cl)c1. The summed E-state index contributed by atoms with van der Waals surface area (Å²) in [5.41, 5.74) is 0.996. The van der Waals surface area contributed by atoms with Crippen LogP contribution in [0.25, 0.3) is 0 Å². The Hall–Kier alpha value is -0.300. The van der Waals surface area contributed by atoms with Crippen LogP contribution < -0.4 is 0 Å². The third kappa shape index (κ3) is 3.60. The first-order valence-electron chi connectivity index (χ1n) is 5.58. The average molecular weight is 307 g/mol. The van der Waals surface area contributed by atoms with Crippen molar-refractivity contribution in [3.05, 3.63) is 29.0 Å². The molecule has 1 saturated heterocycles. The summed E-state index contributed by atoms with van der Waals surface area (Å²) in [6.45, 7) is 1.38. The molecule has 2 rings (SSSR count). The highest BCUT2D eigenvalue weighted by Crippen LogP contribution is 2.22. The molecule has 1 aliphatic heterocycles. The van der Waals surface area contributed by atoms with Crippen LogP contribution in [-0.2, 0) is 16.4 Å². The summed E-state index contributed by atoms with van der Waals surface area (Å²) in [6, 6.07) is 3.65. The lowest BCUT2D eigenvalue weighted by molar-refractivity contribution is 0.262. The average Bonchev–Trinajstić information content (AvgIpc) is 2.28. The molecule has 0 aliphatic carbocycles. The van der Waals surface area contributed by atoms with Crippen molar-refractivity contribution in [3.8, 4) is 0 Å². The summed E-state index contributed by atoms with van der Waals surface area (Å²) in [4.78, 5) is 5.92. The number of nitrogens with zero attached hydrogens (tertiary/aromatic N) is 2. The molecule has 4 nitrogen and oxygen atoms in total. The largest absolute Gasteiger partial charge is 0.281 e. The minimum Gasteiger partial charge on any atom is -0.281 e. The molecule has 18 heavy (non-hydrogen) atoms. The van der Waals surface area contributed by atoms with Gasteiger partial charge in [0, 0.05) is 37.0 Å². The number of pyridine rings is 1. The van der Waals surface area contributed by atoms with Crippen LogP contribution in [0.2, 0.25) is 5.15 Å². The van der Waals surface area contributed by atoms with Crippen LogP contribution in [0.15, 0.2) is 18.3 Å². The van der Waals surface area contributed by atoms with Gasteiger partial charge in [-0.2, -0.15) is 11.8 Å². The fourth-order valence-electron chi connectivity index (χ4n) is 1.97. The fraction of sp³-hybridized carbons (Fsp3) is 0.545. The van der Waals surface area contributed by atoms with Crippen LogP contribution in [0.1, 0.15) is 5.56 Å². The third-order valence-corrected chi connectivity index (χ3v) is 5.76. The molecule has 1 atom stereocenters. The highest BCUT2D eigenvalue weighted by Gasteiger charge is 2.30. The van der Waals surface area contributed by atoms with Crippen LogP contribution >= 0.6 is 23.4 Å². The number of aromatic nitrogens is 1. The Morgan fingerprint density at radius 3 is 3.06 bits per heavy atom. The van der Waals surface area contributed by atoms with E-state index in [1.54, 1.807) is 24.0 Å². The van der Waals surface area contributed by atoms with Gasteiger partial charge in [-0.3, -0.25) is 4.90 Å². The molecule has 1 fully saturated rings. The number of rotatable bonds is 3. The number of thioether (sulfide) groups is 1. The predicted octanol–water partition coefficient (Wildman–Crippen LogP) is 1.65. The Morgan fingerprint density at radius 2 is 2.39 bits per heavy atom. The summed E-state index contributed by atoms with van der Waals surface area (Å²) >= 11 is 7.52. The fourth-order valence-corrected chi connectivity index (χ4v) is 5.10. The van der Waals surface area contributed by atoms with Crippen LogP contribution in [0, 0.1) is 0 Å². The van der Waals surface area contributed by atoms with Gasteiger partial charge in [0.25, 0.3) is 0 Å². The van der Waals surface area contributed by atoms with Gasteiger partial charge in [0.1, 0.15) is 10.5 Å². The van der Waals surface area contributed by atoms with E-state index in [9.17, 15) is 8.42 Å². The van der Waals surface area contributed by atoms with Gasteiger partial charge in [-0.25, -0.2) is 13.4 Å². The van der Waals surface area contributed by atoms with Crippen molar-refractivity contribution in [2.45, 2.75) is 11.9 Å². The number of sulfone groups is 1. The topological polar surface area (TPSA) is 50.3 Å². The standard InChI is InChI=1S/C11H15ClN2O2S2/c1-18(15,16)11-8-17-5-4-14(11)7-9-2-3-13-10(12)6-9/h2-3,6,11H,4-5,7-8H2,1H3. The molecule has 100 valence electrons. The zero-order valence-electron chi connectivity index (χ0n) is 10.0. The Balaban J connectivity index is 2.15. The van der Waals surface area contributed by atoms with E-state index >= 15 is 0 Å². The molecule has 0 N–H and O–H groups in total. The van der Waals surface area contributed by atoms with E-state index < -0.39 is 15.2 Å². The maximum atomic E-state index is 11.8. The van der Waals surface area contributed by atoms with Crippen LogP contribution in [0.3, 0.4) is 0 Å². The van der Waals surface area contributed by atoms with Gasteiger partial charge in [-0.1, -0.05) is 11.6 Å². The molecule has 0 radical (unpaired) electrons. The molecule has 1 aromatic rings. The normalized spacial score (nSPS) is 22.0. The van der Waals surface area contributed by atoms with E-state index in [0.717, 1.165) is 17.9 Å². The van der Waals surface area contributed by atoms with E-state index in [0.29, 0.717) is 17.5 Å². The van der Waals surface area contributed by atoms with Crippen molar-refractivity contribution in [1.82, 2.24) is 9.88 Å². The van der Waals surface area contributed by atoms with Crippen LogP contribution in [-0.4, -0.2) is 48.0 Å². The first-order chi connectivity index (χ1) is 8.47. The first kappa shape index (κ1) is 14.1. The second kappa shape index (κ2) is 5.77. The number of hydrogen-bond donors (Lipinski definition) is 0. The molecule has 2 heterocycles. The molecule has 1 aliphatic rings. The molecule has 1 aromatic heterocycles. The van der Waals surface area contributed by atoms with Crippen molar-refractivity contribution in [2.75, 3.05) is 24.3 Å². The molecule has 0 spiro atoms. The van der Waals surface area contributed by atoms with Crippen molar-refractivity contribution in [3.63, 3.8) is 0 Å². The zero-order valence-corrected chi connectivity index (χ0v) is 12.4. The molecule has 0 bridgehead atoms. The Labute approximate surface area is 117 Å². The predicted molar refractivity (Wildman–Crippen MR) is 75.6 cm³/mol. The van der Waals surface area contributed by atoms with E-state index in [1.165, 1.54) is 6.26 Å². The van der Waals surface area contributed by atoms with Gasteiger partial charge < -0.3 is 0 Å². The molecule has 0 amide bonds. The third-order valence-electron chi connectivity index (χ3n) is 2.86. The molecular formula is C11H15ClN2O2S2. The highest BCUT2D eigenvalue weighted by atomic mass is 35.5. The first-order valence-corrected chi connectivity index (χ1v) is 9.06. The van der Waals surface area contributed by atoms with Gasteiger partial charge >= 0.3 is 0 Å². The highest BCUT2D eigenvalue weighted by molar-refractivity contribution is 8.00. The van der Waals surface area contributed by atoms with Crippen molar-refractivity contribution < 1.29 is 8.42 Å². The van der Waals surface area contributed by atoms with E-state index in [-0.39, 0.29) is 0 Å². The Morgan fingerprint density at radius 1 is 1.61 bits per heavy atom. The van der Waals surface area contributed by atoms with E-state index in [1.807, 2.05) is 11.0 Å². The van der Waals surface area contributed by atoms with Crippen molar-refractivity contribution in [2.24, 2.45) is 0 Å². The monoisotopic (exact) mass is 306 g/mol. The molecular weight excluding hydrogens is 292 g/mol. The summed E-state index contributed by atoms with van der Waals surface area (Å²) in [7, 11) is -3.05.